The first-order valence-electron chi connectivity index (χ1n) is 4.74. The Bertz CT molecular complexity index is 455. The van der Waals surface area contributed by atoms with Crippen LogP contribution in [0.5, 0.6) is 5.75 Å². The molecule has 0 radical (unpaired) electrons. The van der Waals surface area contributed by atoms with E-state index in [1.165, 1.54) is 14.2 Å². The minimum absolute atomic E-state index is 0.255. The van der Waals surface area contributed by atoms with Gasteiger partial charge in [-0.05, 0) is 17.7 Å². The van der Waals surface area contributed by atoms with Crippen LogP contribution in [0.2, 0.25) is 0 Å². The Hall–Kier alpha value is -2.04. The number of carbonyl (C=O) groups excluding carboxylic acids is 2. The van der Waals surface area contributed by atoms with Gasteiger partial charge in [0.15, 0.2) is 0 Å². The van der Waals surface area contributed by atoms with Crippen LogP contribution in [0.1, 0.15) is 15.9 Å². The van der Waals surface area contributed by atoms with Crippen molar-refractivity contribution in [3.63, 3.8) is 0 Å². The fourth-order valence-electron chi connectivity index (χ4n) is 1.66. The van der Waals surface area contributed by atoms with Crippen molar-refractivity contribution in [2.75, 3.05) is 14.2 Å². The fraction of sp³-hybridized carbons (Fsp3) is 0.273. The maximum Gasteiger partial charge on any atom is 0.416 e. The molecule has 1 aromatic carbocycles. The van der Waals surface area contributed by atoms with Gasteiger partial charge in [-0.25, -0.2) is 9.69 Å². The van der Waals surface area contributed by atoms with Gasteiger partial charge in [-0.15, -0.1) is 0 Å². The maximum absolute atomic E-state index is 11.8. The van der Waals surface area contributed by atoms with Crippen LogP contribution in [0, 0.1) is 0 Å². The smallest absolute Gasteiger partial charge is 0.416 e. The number of ether oxygens (including phenoxy) is 2. The van der Waals surface area contributed by atoms with Crippen molar-refractivity contribution in [2.24, 2.45) is 0 Å². The van der Waals surface area contributed by atoms with E-state index >= 15 is 0 Å². The first-order chi connectivity index (χ1) is 7.67. The summed E-state index contributed by atoms with van der Waals surface area (Å²) in [5.41, 5.74) is 1.29. The van der Waals surface area contributed by atoms with Crippen molar-refractivity contribution in [3.8, 4) is 5.75 Å². The molecule has 0 saturated heterocycles. The van der Waals surface area contributed by atoms with Gasteiger partial charge in [0.1, 0.15) is 5.75 Å². The Labute approximate surface area is 92.6 Å². The largest absolute Gasteiger partial charge is 0.497 e. The van der Waals surface area contributed by atoms with Gasteiger partial charge in [-0.3, -0.25) is 4.79 Å². The number of carbonyl (C=O) groups is 2. The van der Waals surface area contributed by atoms with Crippen molar-refractivity contribution in [3.05, 3.63) is 29.3 Å². The summed E-state index contributed by atoms with van der Waals surface area (Å²) in [4.78, 5) is 24.2. The number of hydrogen-bond acceptors (Lipinski definition) is 4. The third kappa shape index (κ3) is 1.50. The molecule has 1 aromatic rings. The van der Waals surface area contributed by atoms with Gasteiger partial charge in [0.25, 0.3) is 5.91 Å². The zero-order chi connectivity index (χ0) is 11.7. The Morgan fingerprint density at radius 2 is 2.12 bits per heavy atom. The van der Waals surface area contributed by atoms with E-state index in [1.54, 1.807) is 18.2 Å². The van der Waals surface area contributed by atoms with E-state index in [-0.39, 0.29) is 12.5 Å². The molecule has 0 bridgehead atoms. The Morgan fingerprint density at radius 3 is 2.75 bits per heavy atom. The van der Waals surface area contributed by atoms with E-state index in [4.69, 9.17) is 4.74 Å². The zero-order valence-corrected chi connectivity index (χ0v) is 9.02. The van der Waals surface area contributed by atoms with Gasteiger partial charge < -0.3 is 9.47 Å². The summed E-state index contributed by atoms with van der Waals surface area (Å²) in [5, 5.41) is 0. The molecule has 1 heterocycles. The molecule has 0 aromatic heterocycles. The van der Waals surface area contributed by atoms with Gasteiger partial charge >= 0.3 is 6.09 Å². The molecule has 1 aliphatic rings. The van der Waals surface area contributed by atoms with Crippen molar-refractivity contribution >= 4 is 12.0 Å². The van der Waals surface area contributed by atoms with E-state index < -0.39 is 6.09 Å². The van der Waals surface area contributed by atoms with Crippen LogP contribution in [0.4, 0.5) is 4.79 Å². The highest BCUT2D eigenvalue weighted by atomic mass is 16.5. The molecule has 1 aliphatic heterocycles. The molecular formula is C11H11NO4. The summed E-state index contributed by atoms with van der Waals surface area (Å²) in [6.45, 7) is 0.255. The van der Waals surface area contributed by atoms with Crippen LogP contribution >= 0.6 is 0 Å². The first kappa shape index (κ1) is 10.5. The maximum atomic E-state index is 11.8. The Balaban J connectivity index is 2.35. The van der Waals surface area contributed by atoms with Crippen molar-refractivity contribution < 1.29 is 19.1 Å². The molecule has 2 rings (SSSR count). The summed E-state index contributed by atoms with van der Waals surface area (Å²) in [5.74, 6) is 0.250. The third-order valence-corrected chi connectivity index (χ3v) is 2.52. The molecule has 5 heteroatoms. The quantitative estimate of drug-likeness (QED) is 0.719. The normalized spacial score (nSPS) is 13.6. The van der Waals surface area contributed by atoms with Crippen LogP contribution in [0.25, 0.3) is 0 Å². The van der Waals surface area contributed by atoms with Gasteiger partial charge in [-0.1, -0.05) is 6.07 Å². The highest BCUT2D eigenvalue weighted by Crippen LogP contribution is 2.26. The van der Waals surface area contributed by atoms with Crippen LogP contribution in [-0.4, -0.2) is 31.1 Å². The third-order valence-electron chi connectivity index (χ3n) is 2.52. The lowest BCUT2D eigenvalue weighted by molar-refractivity contribution is 0.0728. The van der Waals surface area contributed by atoms with E-state index in [1.807, 2.05) is 0 Å². The average Bonchev–Trinajstić information content (AvgIpc) is 2.65. The second-order valence-electron chi connectivity index (χ2n) is 3.38. The van der Waals surface area contributed by atoms with Gasteiger partial charge in [-0.2, -0.15) is 0 Å². The Morgan fingerprint density at radius 1 is 1.38 bits per heavy atom. The molecule has 0 unspecified atom stereocenters. The monoisotopic (exact) mass is 221 g/mol. The van der Waals surface area contributed by atoms with Crippen molar-refractivity contribution in [1.29, 1.82) is 0 Å². The topological polar surface area (TPSA) is 55.8 Å². The number of nitrogens with zero attached hydrogens (tertiary/aromatic N) is 1. The number of rotatable bonds is 1. The molecule has 5 nitrogen and oxygen atoms in total. The minimum atomic E-state index is -0.639. The molecule has 0 spiro atoms. The minimum Gasteiger partial charge on any atom is -0.497 e. The fourth-order valence-corrected chi connectivity index (χ4v) is 1.66. The predicted molar refractivity (Wildman–Crippen MR) is 55.3 cm³/mol. The molecular weight excluding hydrogens is 210 g/mol. The molecule has 2 amide bonds. The lowest BCUT2D eigenvalue weighted by Crippen LogP contribution is -2.30. The molecule has 84 valence electrons. The van der Waals surface area contributed by atoms with Gasteiger partial charge in [0.05, 0.1) is 20.8 Å². The average molecular weight is 221 g/mol. The number of methoxy groups -OCH3 is 2. The molecule has 0 fully saturated rings. The van der Waals surface area contributed by atoms with Crippen LogP contribution < -0.4 is 4.74 Å². The SMILES string of the molecule is COC(=O)N1Cc2ccc(OC)cc2C1=O. The molecule has 0 aliphatic carbocycles. The van der Waals surface area contributed by atoms with Gasteiger partial charge in [0, 0.05) is 5.56 Å². The number of imide groups is 1. The number of benzene rings is 1. The second kappa shape index (κ2) is 3.84. The summed E-state index contributed by atoms with van der Waals surface area (Å²) >= 11 is 0. The van der Waals surface area contributed by atoms with Gasteiger partial charge in [0.2, 0.25) is 0 Å². The van der Waals surface area contributed by atoms with E-state index in [0.717, 1.165) is 10.5 Å². The molecule has 0 atom stereocenters. The van der Waals surface area contributed by atoms with Crippen LogP contribution in [-0.2, 0) is 11.3 Å². The second-order valence-corrected chi connectivity index (χ2v) is 3.38. The first-order valence-corrected chi connectivity index (χ1v) is 4.74. The zero-order valence-electron chi connectivity index (χ0n) is 9.02. The number of fused-ring (bicyclic) bond motifs is 1. The van der Waals surface area contributed by atoms with E-state index in [0.29, 0.717) is 11.3 Å². The summed E-state index contributed by atoms with van der Waals surface area (Å²) in [6.07, 6.45) is -0.639. The summed E-state index contributed by atoms with van der Waals surface area (Å²) in [6, 6.07) is 5.16. The molecule has 0 saturated carbocycles. The van der Waals surface area contributed by atoms with E-state index in [9.17, 15) is 9.59 Å². The van der Waals surface area contributed by atoms with Crippen molar-refractivity contribution in [2.45, 2.75) is 6.54 Å². The predicted octanol–water partition coefficient (Wildman–Crippen LogP) is 1.42. The van der Waals surface area contributed by atoms with E-state index in [2.05, 4.69) is 4.74 Å². The molecule has 16 heavy (non-hydrogen) atoms. The highest BCUT2D eigenvalue weighted by Gasteiger charge is 2.32. The van der Waals surface area contributed by atoms with Crippen LogP contribution in [0.3, 0.4) is 0 Å². The highest BCUT2D eigenvalue weighted by molar-refractivity contribution is 6.06. The number of hydrogen-bond donors (Lipinski definition) is 0. The number of amides is 2. The molecule has 0 N–H and O–H groups in total. The summed E-state index contributed by atoms with van der Waals surface area (Å²) in [7, 11) is 2.78. The standard InChI is InChI=1S/C11H11NO4/c1-15-8-4-3-7-6-12(11(14)16-2)10(13)9(7)5-8/h3-5H,6H2,1-2H3. The van der Waals surface area contributed by atoms with Crippen LogP contribution in [0.15, 0.2) is 18.2 Å². The summed E-state index contributed by atoms with van der Waals surface area (Å²) < 4.78 is 9.55. The Kier molecular flexibility index (Phi) is 2.52. The van der Waals surface area contributed by atoms with Crippen molar-refractivity contribution in [1.82, 2.24) is 4.90 Å². The lowest BCUT2D eigenvalue weighted by Gasteiger charge is -2.10. The lowest BCUT2D eigenvalue weighted by atomic mass is 10.1.